The maximum Gasteiger partial charge on any atom is 0.416 e. The molecule has 0 saturated carbocycles. The summed E-state index contributed by atoms with van der Waals surface area (Å²) in [6.07, 6.45) is 1.67. The first-order valence-electron chi connectivity index (χ1n) is 13.7. The van der Waals surface area contributed by atoms with Crippen LogP contribution < -0.4 is 0 Å². The first kappa shape index (κ1) is 28.7. The average molecular weight is 570 g/mol. The number of pyridine rings is 1. The van der Waals surface area contributed by atoms with Crippen LogP contribution in [-0.2, 0) is 17.5 Å². The topological polar surface area (TPSA) is 70.4 Å². The summed E-state index contributed by atoms with van der Waals surface area (Å²) in [5.74, 6) is -0.144. The molecule has 4 heterocycles. The molecule has 8 nitrogen and oxygen atoms in total. The van der Waals surface area contributed by atoms with Crippen molar-refractivity contribution in [1.82, 2.24) is 24.1 Å². The summed E-state index contributed by atoms with van der Waals surface area (Å²) in [7, 11) is 0. The number of fused-ring (bicyclic) bond motifs is 1. The second-order valence-electron chi connectivity index (χ2n) is 11.5. The van der Waals surface area contributed by atoms with Crippen molar-refractivity contribution in [2.45, 2.75) is 45.5 Å². The number of halogens is 3. The Bertz CT molecular complexity index is 1450. The molecule has 0 unspecified atom stereocenters. The van der Waals surface area contributed by atoms with Gasteiger partial charge < -0.3 is 18.9 Å². The van der Waals surface area contributed by atoms with Crippen LogP contribution in [0.15, 0.2) is 54.9 Å². The van der Waals surface area contributed by atoms with Crippen LogP contribution in [0, 0.1) is 0 Å². The van der Waals surface area contributed by atoms with Crippen molar-refractivity contribution in [2.24, 2.45) is 0 Å². The van der Waals surface area contributed by atoms with E-state index in [0.29, 0.717) is 63.6 Å². The van der Waals surface area contributed by atoms with E-state index in [1.54, 1.807) is 16.0 Å². The third kappa shape index (κ3) is 6.90. The van der Waals surface area contributed by atoms with Gasteiger partial charge in [-0.15, -0.1) is 0 Å². The highest BCUT2D eigenvalue weighted by atomic mass is 19.4. The van der Waals surface area contributed by atoms with E-state index in [0.717, 1.165) is 28.8 Å². The molecule has 0 atom stereocenters. The van der Waals surface area contributed by atoms with Gasteiger partial charge in [-0.1, -0.05) is 18.2 Å². The molecule has 5 rings (SSSR count). The fourth-order valence-electron chi connectivity index (χ4n) is 5.04. The highest BCUT2D eigenvalue weighted by Gasteiger charge is 2.30. The fraction of sp³-hybridized carbons (Fsp3) is 0.433. The number of aromatic nitrogens is 2. The summed E-state index contributed by atoms with van der Waals surface area (Å²) in [6.45, 7) is 9.39. The molecule has 2 aliphatic heterocycles. The lowest BCUT2D eigenvalue weighted by atomic mass is 10.0. The van der Waals surface area contributed by atoms with E-state index in [1.807, 2.05) is 49.6 Å². The molecule has 0 aliphatic carbocycles. The van der Waals surface area contributed by atoms with Crippen molar-refractivity contribution >= 4 is 23.2 Å². The van der Waals surface area contributed by atoms with Crippen molar-refractivity contribution in [3.63, 3.8) is 0 Å². The quantitative estimate of drug-likeness (QED) is 0.425. The number of ether oxygens (including phenoxy) is 1. The molecule has 0 spiro atoms. The minimum Gasteiger partial charge on any atom is -0.444 e. The molecular weight excluding hydrogens is 535 g/mol. The van der Waals surface area contributed by atoms with Gasteiger partial charge in [-0.25, -0.2) is 9.78 Å². The molecule has 2 aromatic heterocycles. The van der Waals surface area contributed by atoms with Crippen molar-refractivity contribution in [3.8, 4) is 0 Å². The number of carbonyl (C=O) groups excluding carboxylic acids is 2. The summed E-state index contributed by atoms with van der Waals surface area (Å²) in [4.78, 5) is 35.7. The second-order valence-corrected chi connectivity index (χ2v) is 11.5. The predicted octanol–water partition coefficient (Wildman–Crippen LogP) is 5.34. The normalized spacial score (nSPS) is 17.1. The van der Waals surface area contributed by atoms with Crippen molar-refractivity contribution in [2.75, 3.05) is 39.3 Å². The lowest BCUT2D eigenvalue weighted by Crippen LogP contribution is -2.48. The molecule has 3 aromatic rings. The van der Waals surface area contributed by atoms with Gasteiger partial charge in [0.25, 0.3) is 5.91 Å². The van der Waals surface area contributed by atoms with Crippen LogP contribution in [0.3, 0.4) is 0 Å². The van der Waals surface area contributed by atoms with Crippen LogP contribution in [-0.4, -0.2) is 81.0 Å². The van der Waals surface area contributed by atoms with Gasteiger partial charge in [-0.2, -0.15) is 13.2 Å². The van der Waals surface area contributed by atoms with E-state index in [2.05, 4.69) is 9.88 Å². The summed E-state index contributed by atoms with van der Waals surface area (Å²) in [5, 5.41) is 0. The number of piperazine rings is 1. The van der Waals surface area contributed by atoms with E-state index in [9.17, 15) is 22.8 Å². The van der Waals surface area contributed by atoms with Crippen LogP contribution >= 0.6 is 0 Å². The largest absolute Gasteiger partial charge is 0.444 e. The van der Waals surface area contributed by atoms with Crippen molar-refractivity contribution < 1.29 is 27.5 Å². The van der Waals surface area contributed by atoms with E-state index >= 15 is 0 Å². The Labute approximate surface area is 237 Å². The Kier molecular flexibility index (Phi) is 7.83. The second kappa shape index (κ2) is 11.2. The fourth-order valence-corrected chi connectivity index (χ4v) is 5.04. The van der Waals surface area contributed by atoms with Crippen LogP contribution in [0.1, 0.15) is 54.4 Å². The molecule has 0 N–H and O–H groups in total. The molecule has 41 heavy (non-hydrogen) atoms. The zero-order chi connectivity index (χ0) is 29.4. The average Bonchev–Trinajstić information content (AvgIpc) is 3.36. The highest BCUT2D eigenvalue weighted by molar-refractivity contribution is 5.93. The van der Waals surface area contributed by atoms with Gasteiger partial charge in [0.15, 0.2) is 0 Å². The number of amides is 2. The molecule has 2 aliphatic rings. The number of carbonyl (C=O) groups is 2. The lowest BCUT2D eigenvalue weighted by molar-refractivity contribution is -0.137. The molecular formula is C30H34F3N5O3. The Morgan fingerprint density at radius 1 is 0.951 bits per heavy atom. The summed E-state index contributed by atoms with van der Waals surface area (Å²) in [5.41, 5.74) is 2.77. The number of hydrogen-bond acceptors (Lipinski definition) is 5. The zero-order valence-corrected chi connectivity index (χ0v) is 23.4. The lowest BCUT2D eigenvalue weighted by Gasteiger charge is -2.34. The van der Waals surface area contributed by atoms with Gasteiger partial charge in [0.2, 0.25) is 0 Å². The highest BCUT2D eigenvalue weighted by Crippen LogP contribution is 2.29. The summed E-state index contributed by atoms with van der Waals surface area (Å²) < 4.78 is 45.7. The maximum atomic E-state index is 13.2. The minimum atomic E-state index is -4.34. The molecule has 218 valence electrons. The van der Waals surface area contributed by atoms with Gasteiger partial charge in [-0.3, -0.25) is 9.69 Å². The molecule has 2 amide bonds. The van der Waals surface area contributed by atoms with Gasteiger partial charge in [-0.05, 0) is 68.2 Å². The van der Waals surface area contributed by atoms with Gasteiger partial charge in [0.1, 0.15) is 16.9 Å². The van der Waals surface area contributed by atoms with Gasteiger partial charge >= 0.3 is 12.3 Å². The smallest absolute Gasteiger partial charge is 0.416 e. The standard InChI is InChI=1S/C30H34F3N5O3/c1-29(2,3)41-28(40)37-11-8-22(9-12-37)23-10-13-38-20-25(34-26(38)18-23)27(39)36-16-14-35(15-17-36)19-21-4-6-24(7-5-21)30(31,32)33/h4-8,10,13,18,20H,9,11-12,14-17,19H2,1-3H3. The molecule has 0 bridgehead atoms. The first-order chi connectivity index (χ1) is 19.4. The number of hydrogen-bond donors (Lipinski definition) is 0. The molecule has 1 aromatic carbocycles. The van der Waals surface area contributed by atoms with Crippen LogP contribution in [0.2, 0.25) is 0 Å². The maximum absolute atomic E-state index is 13.2. The van der Waals surface area contributed by atoms with E-state index < -0.39 is 17.3 Å². The Balaban J connectivity index is 1.17. The SMILES string of the molecule is CC(C)(C)OC(=O)N1CC=C(c2ccn3cc(C(=O)N4CCN(Cc5ccc(C(F)(F)F)cc5)CC4)nc3c2)CC1. The predicted molar refractivity (Wildman–Crippen MR) is 148 cm³/mol. The van der Waals surface area contributed by atoms with Crippen LogP contribution in [0.5, 0.6) is 0 Å². The van der Waals surface area contributed by atoms with E-state index in [1.165, 1.54) is 12.1 Å². The summed E-state index contributed by atoms with van der Waals surface area (Å²) >= 11 is 0. The van der Waals surface area contributed by atoms with Gasteiger partial charge in [0, 0.05) is 58.2 Å². The number of alkyl halides is 3. The van der Waals surface area contributed by atoms with Gasteiger partial charge in [0.05, 0.1) is 5.56 Å². The Hall–Kier alpha value is -3.86. The van der Waals surface area contributed by atoms with Crippen molar-refractivity contribution in [3.05, 3.63) is 77.3 Å². The third-order valence-electron chi connectivity index (χ3n) is 7.26. The van der Waals surface area contributed by atoms with Crippen molar-refractivity contribution in [1.29, 1.82) is 0 Å². The molecule has 1 fully saturated rings. The Morgan fingerprint density at radius 3 is 2.27 bits per heavy atom. The number of rotatable bonds is 4. The zero-order valence-electron chi connectivity index (χ0n) is 23.4. The molecule has 0 radical (unpaired) electrons. The summed E-state index contributed by atoms with van der Waals surface area (Å²) in [6, 6.07) is 9.16. The van der Waals surface area contributed by atoms with E-state index in [4.69, 9.17) is 4.74 Å². The number of imidazole rings is 1. The van der Waals surface area contributed by atoms with E-state index in [-0.39, 0.29) is 12.0 Å². The molecule has 1 saturated heterocycles. The minimum absolute atomic E-state index is 0.144. The Morgan fingerprint density at radius 2 is 1.66 bits per heavy atom. The molecule has 11 heteroatoms. The number of benzene rings is 1. The third-order valence-corrected chi connectivity index (χ3v) is 7.26. The van der Waals surface area contributed by atoms with Crippen LogP contribution in [0.4, 0.5) is 18.0 Å². The number of nitrogens with zero attached hydrogens (tertiary/aromatic N) is 5. The van der Waals surface area contributed by atoms with Crippen LogP contribution in [0.25, 0.3) is 11.2 Å². The first-order valence-corrected chi connectivity index (χ1v) is 13.7. The monoisotopic (exact) mass is 569 g/mol.